The number of carbonyl (C=O) groups excluding carboxylic acids is 1. The molecule has 1 heterocycles. The Labute approximate surface area is 109 Å². The van der Waals surface area contributed by atoms with Gasteiger partial charge in [-0.05, 0) is 18.2 Å². The van der Waals surface area contributed by atoms with Crippen LogP contribution in [-0.4, -0.2) is 36.4 Å². The molecule has 1 atom stereocenters. The minimum atomic E-state index is -1.06. The molecule has 0 aromatic heterocycles. The highest BCUT2D eigenvalue weighted by Crippen LogP contribution is 2.18. The van der Waals surface area contributed by atoms with E-state index >= 15 is 0 Å². The normalized spacial score (nSPS) is 23.1. The van der Waals surface area contributed by atoms with Crippen LogP contribution >= 0.6 is 11.6 Å². The minimum Gasteiger partial charge on any atom is -0.386 e. The van der Waals surface area contributed by atoms with Gasteiger partial charge in [0.25, 0.3) is 5.91 Å². The Balaban J connectivity index is 1.99. The van der Waals surface area contributed by atoms with Gasteiger partial charge in [-0.25, -0.2) is 4.39 Å². The van der Waals surface area contributed by atoms with E-state index in [4.69, 9.17) is 16.3 Å². The number of nitrogens with one attached hydrogen (secondary N) is 1. The Hall–Kier alpha value is -1.17. The molecule has 98 valence electrons. The fourth-order valence-corrected chi connectivity index (χ4v) is 1.91. The molecule has 1 aliphatic rings. The molecule has 1 unspecified atom stereocenters. The second-order valence-corrected chi connectivity index (χ2v) is 4.77. The Morgan fingerprint density at radius 3 is 3.00 bits per heavy atom. The van der Waals surface area contributed by atoms with Crippen molar-refractivity contribution in [2.45, 2.75) is 12.0 Å². The van der Waals surface area contributed by atoms with Crippen molar-refractivity contribution in [3.05, 3.63) is 34.6 Å². The molecule has 0 aliphatic carbocycles. The van der Waals surface area contributed by atoms with Crippen LogP contribution in [0, 0.1) is 5.82 Å². The summed E-state index contributed by atoms with van der Waals surface area (Å²) in [5.41, 5.74) is -1.15. The molecule has 0 spiro atoms. The maximum atomic E-state index is 13.5. The van der Waals surface area contributed by atoms with Crippen LogP contribution in [0.1, 0.15) is 16.8 Å². The van der Waals surface area contributed by atoms with Crippen molar-refractivity contribution in [2.24, 2.45) is 0 Å². The van der Waals surface area contributed by atoms with Crippen molar-refractivity contribution >= 4 is 17.5 Å². The summed E-state index contributed by atoms with van der Waals surface area (Å²) >= 11 is 5.60. The lowest BCUT2D eigenvalue weighted by atomic mass is 10.0. The highest BCUT2D eigenvalue weighted by atomic mass is 35.5. The molecule has 2 N–H and O–H groups in total. The van der Waals surface area contributed by atoms with Gasteiger partial charge in [-0.3, -0.25) is 4.79 Å². The van der Waals surface area contributed by atoms with Crippen LogP contribution in [-0.2, 0) is 4.74 Å². The van der Waals surface area contributed by atoms with E-state index in [2.05, 4.69) is 5.32 Å². The molecular weight excluding hydrogens is 261 g/mol. The highest BCUT2D eigenvalue weighted by Gasteiger charge is 2.32. The van der Waals surface area contributed by atoms with E-state index in [1.54, 1.807) is 0 Å². The van der Waals surface area contributed by atoms with E-state index in [9.17, 15) is 14.3 Å². The number of benzene rings is 1. The SMILES string of the molecule is O=C(NCC1(O)CCOC1)c1ccc(Cl)cc1F. The summed E-state index contributed by atoms with van der Waals surface area (Å²) in [6.45, 7) is 0.673. The van der Waals surface area contributed by atoms with Gasteiger partial charge in [0.1, 0.15) is 11.4 Å². The minimum absolute atomic E-state index is 0.0356. The van der Waals surface area contributed by atoms with E-state index in [-0.39, 0.29) is 23.7 Å². The summed E-state index contributed by atoms with van der Waals surface area (Å²) in [5.74, 6) is -1.26. The predicted molar refractivity (Wildman–Crippen MR) is 64.1 cm³/mol. The lowest BCUT2D eigenvalue weighted by molar-refractivity contribution is 0.0264. The van der Waals surface area contributed by atoms with Gasteiger partial charge < -0.3 is 15.2 Å². The number of amides is 1. The van der Waals surface area contributed by atoms with Crippen LogP contribution in [0.2, 0.25) is 5.02 Å². The average Bonchev–Trinajstić information content (AvgIpc) is 2.74. The molecule has 1 amide bonds. The first-order valence-corrected chi connectivity index (χ1v) is 5.91. The highest BCUT2D eigenvalue weighted by molar-refractivity contribution is 6.30. The summed E-state index contributed by atoms with van der Waals surface area (Å²) in [7, 11) is 0. The first-order valence-electron chi connectivity index (χ1n) is 5.54. The third-order valence-electron chi connectivity index (χ3n) is 2.84. The largest absolute Gasteiger partial charge is 0.386 e. The van der Waals surface area contributed by atoms with Crippen molar-refractivity contribution in [1.29, 1.82) is 0 Å². The van der Waals surface area contributed by atoms with Gasteiger partial charge in [0.15, 0.2) is 0 Å². The lowest BCUT2D eigenvalue weighted by Gasteiger charge is -2.20. The quantitative estimate of drug-likeness (QED) is 0.874. The second-order valence-electron chi connectivity index (χ2n) is 4.33. The molecule has 6 heteroatoms. The summed E-state index contributed by atoms with van der Waals surface area (Å²) < 4.78 is 18.5. The van der Waals surface area contributed by atoms with Crippen LogP contribution < -0.4 is 5.32 Å². The van der Waals surface area contributed by atoms with Crippen LogP contribution in [0.25, 0.3) is 0 Å². The Bertz CT molecular complexity index is 461. The van der Waals surface area contributed by atoms with Crippen molar-refractivity contribution in [3.8, 4) is 0 Å². The Morgan fingerprint density at radius 1 is 1.61 bits per heavy atom. The summed E-state index contributed by atoms with van der Waals surface area (Å²) in [6.07, 6.45) is 0.455. The van der Waals surface area contributed by atoms with Gasteiger partial charge in [-0.2, -0.15) is 0 Å². The zero-order valence-corrected chi connectivity index (χ0v) is 10.3. The van der Waals surface area contributed by atoms with Crippen LogP contribution in [0.5, 0.6) is 0 Å². The number of halogens is 2. The molecular formula is C12H13ClFNO3. The smallest absolute Gasteiger partial charge is 0.254 e. The maximum Gasteiger partial charge on any atom is 0.254 e. The topological polar surface area (TPSA) is 58.6 Å². The third kappa shape index (κ3) is 2.98. The number of hydrogen-bond donors (Lipinski definition) is 2. The van der Waals surface area contributed by atoms with Gasteiger partial charge in [-0.1, -0.05) is 11.6 Å². The van der Waals surface area contributed by atoms with E-state index in [0.29, 0.717) is 13.0 Å². The van der Waals surface area contributed by atoms with E-state index < -0.39 is 17.3 Å². The summed E-state index contributed by atoms with van der Waals surface area (Å²) in [6, 6.07) is 3.82. The number of carbonyl (C=O) groups is 1. The first kappa shape index (κ1) is 13.3. The monoisotopic (exact) mass is 273 g/mol. The Kier molecular flexibility index (Phi) is 3.85. The first-order chi connectivity index (χ1) is 8.50. The van der Waals surface area contributed by atoms with Crippen molar-refractivity contribution < 1.29 is 19.0 Å². The second kappa shape index (κ2) is 5.22. The Morgan fingerprint density at radius 2 is 2.39 bits per heavy atom. The van der Waals surface area contributed by atoms with Crippen molar-refractivity contribution in [1.82, 2.24) is 5.32 Å². The van der Waals surface area contributed by atoms with Crippen LogP contribution in [0.15, 0.2) is 18.2 Å². The van der Waals surface area contributed by atoms with Gasteiger partial charge in [-0.15, -0.1) is 0 Å². The van der Waals surface area contributed by atoms with E-state index in [1.807, 2.05) is 0 Å². The zero-order chi connectivity index (χ0) is 13.2. The van der Waals surface area contributed by atoms with E-state index in [1.165, 1.54) is 12.1 Å². The zero-order valence-electron chi connectivity index (χ0n) is 9.58. The van der Waals surface area contributed by atoms with E-state index in [0.717, 1.165) is 6.07 Å². The number of aliphatic hydroxyl groups is 1. The molecule has 1 aliphatic heterocycles. The van der Waals surface area contributed by atoms with Gasteiger partial charge in [0.2, 0.25) is 0 Å². The predicted octanol–water partition coefficient (Wildman–Crippen LogP) is 1.36. The van der Waals surface area contributed by atoms with Crippen molar-refractivity contribution in [2.75, 3.05) is 19.8 Å². The molecule has 1 saturated heterocycles. The molecule has 0 saturated carbocycles. The van der Waals surface area contributed by atoms with Crippen LogP contribution in [0.3, 0.4) is 0 Å². The van der Waals surface area contributed by atoms with Crippen molar-refractivity contribution in [3.63, 3.8) is 0 Å². The van der Waals surface area contributed by atoms with Gasteiger partial charge in [0, 0.05) is 24.6 Å². The van der Waals surface area contributed by atoms with Gasteiger partial charge in [0.05, 0.1) is 12.2 Å². The number of hydrogen-bond acceptors (Lipinski definition) is 3. The molecule has 1 fully saturated rings. The molecule has 0 radical (unpaired) electrons. The van der Waals surface area contributed by atoms with Crippen LogP contribution in [0.4, 0.5) is 4.39 Å². The molecule has 4 nitrogen and oxygen atoms in total. The standard InChI is InChI=1S/C12H13ClFNO3/c13-8-1-2-9(10(14)5-8)11(16)15-6-12(17)3-4-18-7-12/h1-2,5,17H,3-4,6-7H2,(H,15,16). The molecule has 2 rings (SSSR count). The molecule has 0 bridgehead atoms. The number of rotatable bonds is 3. The molecule has 1 aromatic rings. The molecule has 1 aromatic carbocycles. The molecule has 18 heavy (non-hydrogen) atoms. The maximum absolute atomic E-state index is 13.5. The fourth-order valence-electron chi connectivity index (χ4n) is 1.75. The average molecular weight is 274 g/mol. The summed E-state index contributed by atoms with van der Waals surface area (Å²) in [4.78, 5) is 11.7. The summed E-state index contributed by atoms with van der Waals surface area (Å²) in [5, 5.41) is 12.7. The third-order valence-corrected chi connectivity index (χ3v) is 3.07. The number of ether oxygens (including phenoxy) is 1. The lowest BCUT2D eigenvalue weighted by Crippen LogP contribution is -2.43. The fraction of sp³-hybridized carbons (Fsp3) is 0.417. The van der Waals surface area contributed by atoms with Gasteiger partial charge >= 0.3 is 0 Å².